The molecule has 4 unspecified atom stereocenters. The number of carboxylic acid groups (broad SMARTS) is 2. The van der Waals surface area contributed by atoms with Gasteiger partial charge in [-0.05, 0) is 195 Å². The average Bonchev–Trinajstić information content (AvgIpc) is 3.70. The molecule has 13 nitrogen and oxygen atoms in total. The van der Waals surface area contributed by atoms with Crippen LogP contribution in [-0.4, -0.2) is 89.4 Å². The van der Waals surface area contributed by atoms with Gasteiger partial charge in [-0.1, -0.05) is 41.5 Å². The van der Waals surface area contributed by atoms with Crippen molar-refractivity contribution in [3.05, 3.63) is 0 Å². The monoisotopic (exact) mass is 976 g/mol. The van der Waals surface area contributed by atoms with Crippen molar-refractivity contribution < 1.29 is 101 Å². The van der Waals surface area contributed by atoms with Crippen LogP contribution in [0.3, 0.4) is 0 Å². The van der Waals surface area contributed by atoms with Crippen LogP contribution in [0.1, 0.15) is 157 Å². The molecule has 0 spiro atoms. The molecule has 2 radical (unpaired) electrons. The molecule has 0 aromatic carbocycles. The molecule has 0 bridgehead atoms. The van der Waals surface area contributed by atoms with Crippen LogP contribution in [0.2, 0.25) is 0 Å². The maximum atomic E-state index is 11.5. The summed E-state index contributed by atoms with van der Waals surface area (Å²) in [4.78, 5) is 22.1. The van der Waals surface area contributed by atoms with Crippen LogP contribution in [0, 0.1) is 92.7 Å². The molecule has 0 aromatic rings. The molecule has 8 aliphatic carbocycles. The Hall–Kier alpha value is -0.381. The van der Waals surface area contributed by atoms with E-state index in [-0.39, 0.29) is 133 Å². The van der Waals surface area contributed by atoms with E-state index in [2.05, 4.69) is 41.5 Å². The van der Waals surface area contributed by atoms with Crippen LogP contribution in [-0.2, 0) is 60.2 Å². The summed E-state index contributed by atoms with van der Waals surface area (Å²) in [5.74, 6) is 1.99. The molecule has 63 heavy (non-hydrogen) atoms. The van der Waals surface area contributed by atoms with E-state index in [1.165, 1.54) is 0 Å². The summed E-state index contributed by atoms with van der Waals surface area (Å²) in [5.41, 5.74) is -0.286. The molecule has 366 valence electrons. The zero-order chi connectivity index (χ0) is 42.3. The molecule has 0 saturated heterocycles. The van der Waals surface area contributed by atoms with Gasteiger partial charge in [0, 0.05) is 12.8 Å². The Morgan fingerprint density at radius 3 is 1.16 bits per heavy atom. The fourth-order valence-corrected chi connectivity index (χ4v) is 17.4. The van der Waals surface area contributed by atoms with Crippen molar-refractivity contribution in [2.75, 3.05) is 0 Å². The Balaban J connectivity index is 0.000000402. The summed E-state index contributed by atoms with van der Waals surface area (Å²) >= 11 is 0. The third kappa shape index (κ3) is 10.1. The molecule has 0 amide bonds. The first-order valence-corrected chi connectivity index (χ1v) is 23.7. The van der Waals surface area contributed by atoms with Gasteiger partial charge < -0.3 is 57.3 Å². The Kier molecular flexibility index (Phi) is 20.4. The number of aliphatic hydroxyl groups is 6. The molecule has 8 saturated carbocycles. The van der Waals surface area contributed by atoms with Gasteiger partial charge >= 0.3 is 46.1 Å². The third-order valence-corrected chi connectivity index (χ3v) is 20.7. The van der Waals surface area contributed by atoms with E-state index in [1.807, 2.05) is 0 Å². The van der Waals surface area contributed by atoms with Crippen molar-refractivity contribution in [3.8, 4) is 0 Å². The van der Waals surface area contributed by atoms with Gasteiger partial charge in [0.2, 0.25) is 0 Å². The Morgan fingerprint density at radius 1 is 0.508 bits per heavy atom. The quantitative estimate of drug-likeness (QED) is 0.122. The first kappa shape index (κ1) is 58.7. The minimum atomic E-state index is -0.748. The van der Waals surface area contributed by atoms with Gasteiger partial charge in [0.15, 0.2) is 0 Å². The van der Waals surface area contributed by atoms with Crippen LogP contribution >= 0.6 is 0 Å². The van der Waals surface area contributed by atoms with Crippen LogP contribution in [0.15, 0.2) is 0 Å². The summed E-state index contributed by atoms with van der Waals surface area (Å²) in [6.07, 6.45) is 12.0. The van der Waals surface area contributed by atoms with Gasteiger partial charge in [0.05, 0.1) is 36.6 Å². The van der Waals surface area contributed by atoms with E-state index in [1.54, 1.807) is 0 Å². The van der Waals surface area contributed by atoms with Gasteiger partial charge in [-0.2, -0.15) is 0 Å². The maximum absolute atomic E-state index is 11.5. The number of carboxylic acids is 2. The topological polar surface area (TPSA) is 281 Å². The summed E-state index contributed by atoms with van der Waals surface area (Å²) < 4.78 is 0. The molecular formula is C48H80Fe2O13. The second-order valence-corrected chi connectivity index (χ2v) is 22.9. The van der Waals surface area contributed by atoms with Crippen LogP contribution < -0.4 is 0 Å². The standard InChI is InChI=1S/2C24H40O5.2Fe.3O/c2*1-13(4-7-21(28)29)16-5-6-17-22-18(12-20(27)24(16,17)3)23(2)9-8-15(25)10-14(23)11-19(22)26;;;;;/h2*13-20,22,25-27H,4-12H2,1-3H3,(H,28,29);;;;;/q;;2*+3;3*-2/t13-,14+,15-,16-,17?,18?,19-,20+,22?,23+,24-;13-,14+,15-,16-,17?,18-,19-,20+,22-,23+,24-;;;;;/m11...../s1. The van der Waals surface area contributed by atoms with Gasteiger partial charge in [-0.15, -0.1) is 0 Å². The number of aliphatic hydroxyl groups excluding tert-OH is 6. The van der Waals surface area contributed by atoms with Crippen molar-refractivity contribution >= 4 is 11.9 Å². The predicted octanol–water partition coefficient (Wildman–Crippen LogP) is 6.54. The molecule has 15 heteroatoms. The van der Waals surface area contributed by atoms with Gasteiger partial charge in [0.1, 0.15) is 0 Å². The van der Waals surface area contributed by atoms with Gasteiger partial charge in [-0.3, -0.25) is 9.59 Å². The fourth-order valence-electron chi connectivity index (χ4n) is 17.4. The van der Waals surface area contributed by atoms with Gasteiger partial charge in [-0.25, -0.2) is 0 Å². The zero-order valence-corrected chi connectivity index (χ0v) is 40.7. The largest absolute Gasteiger partial charge is 3.00 e. The minimum Gasteiger partial charge on any atom is -2.00 e. The average molecular weight is 977 g/mol. The Labute approximate surface area is 397 Å². The van der Waals surface area contributed by atoms with Crippen molar-refractivity contribution in [1.29, 1.82) is 0 Å². The molecule has 0 heterocycles. The summed E-state index contributed by atoms with van der Waals surface area (Å²) in [6.45, 7) is 13.4. The molecule has 8 N–H and O–H groups in total. The normalized spacial score (nSPS) is 48.7. The molecule has 22 atom stereocenters. The second-order valence-electron chi connectivity index (χ2n) is 22.9. The Bertz CT molecular complexity index is 1400. The van der Waals surface area contributed by atoms with E-state index in [0.717, 1.165) is 89.9 Å². The molecule has 8 fully saturated rings. The van der Waals surface area contributed by atoms with E-state index in [9.17, 15) is 40.2 Å². The van der Waals surface area contributed by atoms with Crippen molar-refractivity contribution in [3.63, 3.8) is 0 Å². The Morgan fingerprint density at radius 2 is 0.841 bits per heavy atom. The van der Waals surface area contributed by atoms with E-state index >= 15 is 0 Å². The smallest absolute Gasteiger partial charge is 2.00 e. The van der Waals surface area contributed by atoms with E-state index < -0.39 is 24.1 Å². The van der Waals surface area contributed by atoms with Crippen molar-refractivity contribution in [1.82, 2.24) is 0 Å². The molecule has 8 rings (SSSR count). The van der Waals surface area contributed by atoms with E-state index in [0.29, 0.717) is 60.2 Å². The van der Waals surface area contributed by atoms with Crippen molar-refractivity contribution in [2.24, 2.45) is 92.7 Å². The molecule has 8 aliphatic rings. The van der Waals surface area contributed by atoms with Crippen LogP contribution in [0.5, 0.6) is 0 Å². The molecule has 0 aliphatic heterocycles. The second kappa shape index (κ2) is 21.9. The first-order chi connectivity index (χ1) is 27.2. The van der Waals surface area contributed by atoms with E-state index in [4.69, 9.17) is 10.2 Å². The summed E-state index contributed by atoms with van der Waals surface area (Å²) in [6, 6.07) is 0. The summed E-state index contributed by atoms with van der Waals surface area (Å²) in [7, 11) is 0. The van der Waals surface area contributed by atoms with Gasteiger partial charge in [0.25, 0.3) is 0 Å². The number of hydrogen-bond donors (Lipinski definition) is 8. The van der Waals surface area contributed by atoms with Crippen molar-refractivity contribution in [2.45, 2.75) is 194 Å². The summed E-state index contributed by atoms with van der Waals surface area (Å²) in [5, 5.41) is 84.0. The minimum absolute atomic E-state index is 0. The molecule has 0 aromatic heterocycles. The fraction of sp³-hybridized carbons (Fsp3) is 0.958. The van der Waals surface area contributed by atoms with Crippen LogP contribution in [0.25, 0.3) is 0 Å². The maximum Gasteiger partial charge on any atom is 3.00 e. The number of aliphatic carboxylic acids is 2. The van der Waals surface area contributed by atoms with Crippen LogP contribution in [0.4, 0.5) is 0 Å². The first-order valence-electron chi connectivity index (χ1n) is 23.7. The predicted molar refractivity (Wildman–Crippen MR) is 222 cm³/mol. The third-order valence-electron chi connectivity index (χ3n) is 20.7. The molecular weight excluding hydrogens is 896 g/mol. The number of rotatable bonds is 8. The number of fused-ring (bicyclic) bond motifs is 10. The zero-order valence-electron chi connectivity index (χ0n) is 38.4. The SMILES string of the molecule is C[C@H](CCC(=O)O)[C@H]1CCC2C3C(C[C@H](O)[C@@]21C)[C@@]1(C)CC[C@@H](O)C[C@H]1C[C@H]3O.C[C@H](CCC(=O)O)[C@H]1CCC2[C@H]3[C@H](O)C[C@@H]4C[C@H](O)CC[C@]4(C)[C@@H]3C[C@H](O)[C@@]21C.[Fe+3].[Fe+3].[O-2].[O-2].[O-2]. The number of carbonyl (C=O) groups is 2. The number of hydrogen-bond acceptors (Lipinski definition) is 8.